The van der Waals surface area contributed by atoms with Crippen molar-refractivity contribution >= 4 is 17.3 Å². The van der Waals surface area contributed by atoms with Gasteiger partial charge in [0.25, 0.3) is 0 Å². The zero-order chi connectivity index (χ0) is 20.3. The van der Waals surface area contributed by atoms with Crippen LogP contribution in [0.2, 0.25) is 0 Å². The Morgan fingerprint density at radius 3 is 1.82 bits per heavy atom. The first-order chi connectivity index (χ1) is 13.2. The highest BCUT2D eigenvalue weighted by atomic mass is 19.4. The largest absolute Gasteiger partial charge is 0.486 e. The number of carbonyl (C=O) groups is 3. The monoisotopic (exact) mass is 392 g/mol. The highest BCUT2D eigenvalue weighted by molar-refractivity contribution is 6.23. The highest BCUT2D eigenvalue weighted by Gasteiger charge is 2.38. The number of hydrogen-bond acceptors (Lipinski definition) is 5. The third-order valence-corrected chi connectivity index (χ3v) is 4.21. The second-order valence-electron chi connectivity index (χ2n) is 6.22. The molecule has 0 spiro atoms. The van der Waals surface area contributed by atoms with Gasteiger partial charge in [0, 0.05) is 12.8 Å². The van der Waals surface area contributed by atoms with E-state index in [1.807, 2.05) is 0 Å². The molecule has 1 aliphatic carbocycles. The van der Waals surface area contributed by atoms with Gasteiger partial charge >= 0.3 is 6.18 Å². The molecule has 0 aromatic heterocycles. The number of ketones is 3. The maximum Gasteiger partial charge on any atom is 0.416 e. The smallest absolute Gasteiger partial charge is 0.416 e. The zero-order valence-electron chi connectivity index (χ0n) is 14.5. The second kappa shape index (κ2) is 7.84. The van der Waals surface area contributed by atoms with Crippen LogP contribution in [0, 0.1) is 5.92 Å². The summed E-state index contributed by atoms with van der Waals surface area (Å²) in [6, 6.07) is 10.3. The summed E-state index contributed by atoms with van der Waals surface area (Å²) in [6.45, 7) is -0.402. The molecular weight excluding hydrogens is 377 g/mol. The fourth-order valence-corrected chi connectivity index (χ4v) is 2.76. The van der Waals surface area contributed by atoms with Crippen LogP contribution in [-0.2, 0) is 20.6 Å². The topological polar surface area (TPSA) is 69.7 Å². The number of rotatable bonds is 6. The van der Waals surface area contributed by atoms with Crippen molar-refractivity contribution in [3.05, 3.63) is 54.1 Å². The van der Waals surface area contributed by atoms with Gasteiger partial charge in [0.1, 0.15) is 29.8 Å². The average Bonchev–Trinajstić information content (AvgIpc) is 2.99. The van der Waals surface area contributed by atoms with E-state index in [0.29, 0.717) is 11.5 Å². The van der Waals surface area contributed by atoms with E-state index in [0.717, 1.165) is 12.1 Å². The summed E-state index contributed by atoms with van der Waals surface area (Å²) in [7, 11) is 0. The normalized spacial score (nSPS) is 15.0. The molecule has 5 nitrogen and oxygen atoms in total. The Kier molecular flexibility index (Phi) is 5.48. The fourth-order valence-electron chi connectivity index (χ4n) is 2.76. The average molecular weight is 392 g/mol. The van der Waals surface area contributed by atoms with Gasteiger partial charge in [-0.2, -0.15) is 13.2 Å². The van der Waals surface area contributed by atoms with Gasteiger partial charge in [0.2, 0.25) is 0 Å². The predicted molar refractivity (Wildman–Crippen MR) is 91.2 cm³/mol. The van der Waals surface area contributed by atoms with Crippen molar-refractivity contribution in [1.29, 1.82) is 0 Å². The predicted octanol–water partition coefficient (Wildman–Crippen LogP) is 3.99. The molecule has 0 bridgehead atoms. The van der Waals surface area contributed by atoms with Gasteiger partial charge in [0.05, 0.1) is 5.56 Å². The molecule has 1 aliphatic rings. The Balaban J connectivity index is 1.55. The summed E-state index contributed by atoms with van der Waals surface area (Å²) in [4.78, 5) is 35.1. The molecular formula is C20H15F3O5. The van der Waals surface area contributed by atoms with Crippen molar-refractivity contribution in [1.82, 2.24) is 0 Å². The van der Waals surface area contributed by atoms with E-state index in [-0.39, 0.29) is 30.2 Å². The van der Waals surface area contributed by atoms with Gasteiger partial charge in [-0.25, -0.2) is 0 Å². The van der Waals surface area contributed by atoms with E-state index < -0.39 is 30.0 Å². The van der Waals surface area contributed by atoms with E-state index in [1.54, 1.807) is 0 Å². The summed E-state index contributed by atoms with van der Waals surface area (Å²) in [5, 5.41) is 0. The van der Waals surface area contributed by atoms with Gasteiger partial charge in [-0.1, -0.05) is 0 Å². The van der Waals surface area contributed by atoms with Crippen molar-refractivity contribution in [2.24, 2.45) is 5.92 Å². The molecule has 3 rings (SSSR count). The molecule has 1 saturated carbocycles. The van der Waals surface area contributed by atoms with Gasteiger partial charge in [-0.15, -0.1) is 0 Å². The molecule has 2 aromatic rings. The van der Waals surface area contributed by atoms with Crippen LogP contribution in [-0.4, -0.2) is 24.0 Å². The van der Waals surface area contributed by atoms with Gasteiger partial charge < -0.3 is 9.47 Å². The molecule has 0 atom stereocenters. The lowest BCUT2D eigenvalue weighted by atomic mass is 10.0. The molecule has 0 radical (unpaired) electrons. The van der Waals surface area contributed by atoms with E-state index >= 15 is 0 Å². The van der Waals surface area contributed by atoms with Crippen LogP contribution in [0.4, 0.5) is 13.2 Å². The molecule has 0 unspecified atom stereocenters. The lowest BCUT2D eigenvalue weighted by molar-refractivity contribution is -0.138. The Bertz CT molecular complexity index is 870. The molecule has 0 N–H and O–H groups in total. The molecule has 1 fully saturated rings. The number of ether oxygens (including phenoxy) is 2. The van der Waals surface area contributed by atoms with Crippen molar-refractivity contribution < 1.29 is 37.0 Å². The maximum absolute atomic E-state index is 12.5. The molecule has 28 heavy (non-hydrogen) atoms. The molecule has 0 amide bonds. The van der Waals surface area contributed by atoms with Crippen molar-refractivity contribution in [2.45, 2.75) is 19.0 Å². The summed E-state index contributed by atoms with van der Waals surface area (Å²) in [6.07, 6.45) is -4.24. The fraction of sp³-hybridized carbons (Fsp3) is 0.250. The number of halogens is 3. The first kappa shape index (κ1) is 19.6. The minimum Gasteiger partial charge on any atom is -0.486 e. The van der Waals surface area contributed by atoms with Crippen LogP contribution in [0.25, 0.3) is 0 Å². The number of hydrogen-bond donors (Lipinski definition) is 0. The Hall–Kier alpha value is -3.16. The quantitative estimate of drug-likeness (QED) is 0.696. The number of alkyl halides is 3. The maximum atomic E-state index is 12.5. The third-order valence-electron chi connectivity index (χ3n) is 4.21. The van der Waals surface area contributed by atoms with Crippen LogP contribution in [0.1, 0.15) is 18.4 Å². The summed E-state index contributed by atoms with van der Waals surface area (Å²) >= 11 is 0. The Morgan fingerprint density at radius 1 is 0.857 bits per heavy atom. The second-order valence-corrected chi connectivity index (χ2v) is 6.22. The van der Waals surface area contributed by atoms with Crippen LogP contribution in [0.15, 0.2) is 48.5 Å². The molecule has 0 aliphatic heterocycles. The zero-order valence-corrected chi connectivity index (χ0v) is 14.5. The van der Waals surface area contributed by atoms with E-state index in [4.69, 9.17) is 9.47 Å². The lowest BCUT2D eigenvalue weighted by Crippen LogP contribution is -2.29. The number of benzene rings is 2. The summed E-state index contributed by atoms with van der Waals surface area (Å²) in [5.41, 5.74) is -0.771. The van der Waals surface area contributed by atoms with E-state index in [9.17, 15) is 27.6 Å². The van der Waals surface area contributed by atoms with Gasteiger partial charge in [-0.3, -0.25) is 14.4 Å². The number of Topliss-reactive ketones (excluding diaryl/α,β-unsaturated/α-hetero) is 3. The molecule has 146 valence electrons. The van der Waals surface area contributed by atoms with Crippen LogP contribution in [0.3, 0.4) is 0 Å². The van der Waals surface area contributed by atoms with E-state index in [2.05, 4.69) is 0 Å². The van der Waals surface area contributed by atoms with Crippen molar-refractivity contribution in [2.75, 3.05) is 6.61 Å². The van der Waals surface area contributed by atoms with Crippen LogP contribution in [0.5, 0.6) is 17.2 Å². The van der Waals surface area contributed by atoms with Gasteiger partial charge in [-0.05, 0) is 48.5 Å². The van der Waals surface area contributed by atoms with Crippen molar-refractivity contribution in [3.8, 4) is 17.2 Å². The molecule has 8 heteroatoms. The lowest BCUT2D eigenvalue weighted by Gasteiger charge is -2.10. The van der Waals surface area contributed by atoms with Gasteiger partial charge in [0.15, 0.2) is 17.3 Å². The standard InChI is InChI=1S/C20H15F3O5/c21-20(22,23)12-1-3-14(4-2-12)28-15-7-5-13(6-8-15)27-11-18(26)19-16(24)9-10-17(19)25/h1-8,19H,9-11H2. The first-order valence-corrected chi connectivity index (χ1v) is 8.40. The Morgan fingerprint density at radius 2 is 1.32 bits per heavy atom. The first-order valence-electron chi connectivity index (χ1n) is 8.40. The van der Waals surface area contributed by atoms with Crippen LogP contribution >= 0.6 is 0 Å². The van der Waals surface area contributed by atoms with Crippen molar-refractivity contribution in [3.63, 3.8) is 0 Å². The molecule has 0 saturated heterocycles. The summed E-state index contributed by atoms with van der Waals surface area (Å²) in [5.74, 6) is -1.63. The number of carbonyl (C=O) groups excluding carboxylic acids is 3. The minimum absolute atomic E-state index is 0.0885. The molecule has 2 aromatic carbocycles. The third kappa shape index (κ3) is 4.57. The molecule has 0 heterocycles. The van der Waals surface area contributed by atoms with Crippen LogP contribution < -0.4 is 9.47 Å². The minimum atomic E-state index is -4.41. The van der Waals surface area contributed by atoms with E-state index in [1.165, 1.54) is 36.4 Å². The Labute approximate surface area is 158 Å². The highest BCUT2D eigenvalue weighted by Crippen LogP contribution is 2.31. The SMILES string of the molecule is O=C1CCC(=O)C1C(=O)COc1ccc(Oc2ccc(C(F)(F)F)cc2)cc1. The summed E-state index contributed by atoms with van der Waals surface area (Å²) < 4.78 is 48.4.